The number of nitrogens with two attached hydrogens (primary N) is 1. The van der Waals surface area contributed by atoms with Gasteiger partial charge in [0.05, 0.1) is 0 Å². The summed E-state index contributed by atoms with van der Waals surface area (Å²) in [6, 6.07) is 6.64. The normalized spacial score (nSPS) is 14.7. The van der Waals surface area contributed by atoms with Gasteiger partial charge in [0.25, 0.3) is 0 Å². The van der Waals surface area contributed by atoms with Gasteiger partial charge in [0.2, 0.25) is 0 Å². The van der Waals surface area contributed by atoms with Gasteiger partial charge in [-0.2, -0.15) is 0 Å². The summed E-state index contributed by atoms with van der Waals surface area (Å²) >= 11 is 0. The van der Waals surface area contributed by atoms with Crippen LogP contribution in [0, 0.1) is 19.3 Å². The minimum atomic E-state index is 0.0141. The molecule has 0 aliphatic rings. The first-order chi connectivity index (χ1) is 6.99. The standard InChI is InChI=1S/C14H21N/c1-5-14(4,10-15)9-13-7-11(2)6-12(3)8-13/h5-8H,1,9-10,15H2,2-4H3. The van der Waals surface area contributed by atoms with Crippen LogP contribution in [0.5, 0.6) is 0 Å². The molecule has 2 N–H and O–H groups in total. The smallest absolute Gasteiger partial charge is 0.00146 e. The fourth-order valence-corrected chi connectivity index (χ4v) is 1.87. The molecule has 1 aromatic rings. The third kappa shape index (κ3) is 3.21. The molecule has 0 radical (unpaired) electrons. The molecule has 1 rings (SSSR count). The van der Waals surface area contributed by atoms with E-state index >= 15 is 0 Å². The predicted molar refractivity (Wildman–Crippen MR) is 67.0 cm³/mol. The van der Waals surface area contributed by atoms with Crippen molar-refractivity contribution in [3.05, 3.63) is 47.5 Å². The van der Waals surface area contributed by atoms with Gasteiger partial charge in [-0.15, -0.1) is 6.58 Å². The van der Waals surface area contributed by atoms with Crippen molar-refractivity contribution in [1.29, 1.82) is 0 Å². The van der Waals surface area contributed by atoms with Crippen molar-refractivity contribution in [1.82, 2.24) is 0 Å². The van der Waals surface area contributed by atoms with Gasteiger partial charge in [0.15, 0.2) is 0 Å². The molecule has 1 aromatic carbocycles. The molecule has 1 unspecified atom stereocenters. The number of hydrogen-bond donors (Lipinski definition) is 1. The van der Waals surface area contributed by atoms with Crippen LogP contribution in [0.3, 0.4) is 0 Å². The van der Waals surface area contributed by atoms with Crippen LogP contribution in [0.15, 0.2) is 30.9 Å². The van der Waals surface area contributed by atoms with Crippen molar-refractivity contribution in [2.75, 3.05) is 6.54 Å². The molecule has 0 saturated carbocycles. The lowest BCUT2D eigenvalue weighted by Crippen LogP contribution is -2.27. The highest BCUT2D eigenvalue weighted by molar-refractivity contribution is 5.29. The van der Waals surface area contributed by atoms with E-state index in [-0.39, 0.29) is 5.41 Å². The number of hydrogen-bond acceptors (Lipinski definition) is 1. The first-order valence-electron chi connectivity index (χ1n) is 5.40. The second-order valence-corrected chi connectivity index (χ2v) is 4.74. The van der Waals surface area contributed by atoms with Crippen molar-refractivity contribution in [2.24, 2.45) is 11.1 Å². The Bertz CT molecular complexity index is 334. The van der Waals surface area contributed by atoms with Crippen molar-refractivity contribution < 1.29 is 0 Å². The second-order valence-electron chi connectivity index (χ2n) is 4.74. The molecule has 1 nitrogen and oxygen atoms in total. The van der Waals surface area contributed by atoms with E-state index in [1.165, 1.54) is 16.7 Å². The fraction of sp³-hybridized carbons (Fsp3) is 0.429. The Labute approximate surface area is 93.0 Å². The van der Waals surface area contributed by atoms with E-state index < -0.39 is 0 Å². The number of benzene rings is 1. The summed E-state index contributed by atoms with van der Waals surface area (Å²) in [6.07, 6.45) is 2.93. The summed E-state index contributed by atoms with van der Waals surface area (Å²) in [6.45, 7) is 10.9. The monoisotopic (exact) mass is 203 g/mol. The molecule has 0 bridgehead atoms. The Morgan fingerprint density at radius 3 is 2.20 bits per heavy atom. The number of rotatable bonds is 4. The van der Waals surface area contributed by atoms with Crippen LogP contribution in [0.1, 0.15) is 23.6 Å². The van der Waals surface area contributed by atoms with Gasteiger partial charge in [0, 0.05) is 12.0 Å². The zero-order valence-corrected chi connectivity index (χ0v) is 10.0. The lowest BCUT2D eigenvalue weighted by atomic mass is 9.83. The van der Waals surface area contributed by atoms with E-state index in [9.17, 15) is 0 Å². The average molecular weight is 203 g/mol. The molecular weight excluding hydrogens is 182 g/mol. The van der Waals surface area contributed by atoms with Crippen molar-refractivity contribution in [3.63, 3.8) is 0 Å². The third-order valence-corrected chi connectivity index (χ3v) is 2.85. The maximum atomic E-state index is 5.77. The van der Waals surface area contributed by atoms with E-state index in [0.29, 0.717) is 6.54 Å². The van der Waals surface area contributed by atoms with E-state index in [1.54, 1.807) is 0 Å². The summed E-state index contributed by atoms with van der Waals surface area (Å²) in [7, 11) is 0. The Hall–Kier alpha value is -1.08. The van der Waals surface area contributed by atoms with Crippen LogP contribution in [0.25, 0.3) is 0 Å². The summed E-state index contributed by atoms with van der Waals surface area (Å²) < 4.78 is 0. The predicted octanol–water partition coefficient (Wildman–Crippen LogP) is 3.00. The molecule has 0 heterocycles. The molecule has 0 aliphatic heterocycles. The summed E-state index contributed by atoms with van der Waals surface area (Å²) in [5.74, 6) is 0. The third-order valence-electron chi connectivity index (χ3n) is 2.85. The summed E-state index contributed by atoms with van der Waals surface area (Å²) in [5, 5.41) is 0. The number of aryl methyl sites for hydroxylation is 2. The van der Waals surface area contributed by atoms with Gasteiger partial charge in [-0.25, -0.2) is 0 Å². The molecule has 0 spiro atoms. The average Bonchev–Trinajstić information content (AvgIpc) is 2.16. The van der Waals surface area contributed by atoms with Crippen LogP contribution >= 0.6 is 0 Å². The molecule has 0 saturated heterocycles. The van der Waals surface area contributed by atoms with E-state index in [2.05, 4.69) is 45.5 Å². The van der Waals surface area contributed by atoms with Crippen molar-refractivity contribution in [2.45, 2.75) is 27.2 Å². The maximum Gasteiger partial charge on any atom is 0.00146 e. The van der Waals surface area contributed by atoms with Crippen molar-refractivity contribution in [3.8, 4) is 0 Å². The van der Waals surface area contributed by atoms with Crippen molar-refractivity contribution >= 4 is 0 Å². The maximum absolute atomic E-state index is 5.77. The molecule has 0 amide bonds. The minimum Gasteiger partial charge on any atom is -0.330 e. The molecule has 15 heavy (non-hydrogen) atoms. The van der Waals surface area contributed by atoms with Gasteiger partial charge in [-0.1, -0.05) is 42.3 Å². The molecule has 82 valence electrons. The van der Waals surface area contributed by atoms with Crippen LogP contribution in [-0.4, -0.2) is 6.54 Å². The first-order valence-corrected chi connectivity index (χ1v) is 5.40. The lowest BCUT2D eigenvalue weighted by Gasteiger charge is -2.24. The Balaban J connectivity index is 2.93. The SMILES string of the molecule is C=CC(C)(CN)Cc1cc(C)cc(C)c1. The zero-order valence-electron chi connectivity index (χ0n) is 10.0. The molecule has 0 fully saturated rings. The summed E-state index contributed by atoms with van der Waals surface area (Å²) in [4.78, 5) is 0. The van der Waals surface area contributed by atoms with E-state index in [4.69, 9.17) is 5.73 Å². The topological polar surface area (TPSA) is 26.0 Å². The molecule has 1 heteroatoms. The van der Waals surface area contributed by atoms with Gasteiger partial charge in [-0.3, -0.25) is 0 Å². The van der Waals surface area contributed by atoms with E-state index in [0.717, 1.165) is 6.42 Å². The highest BCUT2D eigenvalue weighted by atomic mass is 14.6. The largest absolute Gasteiger partial charge is 0.330 e. The van der Waals surface area contributed by atoms with Gasteiger partial charge < -0.3 is 5.73 Å². The Morgan fingerprint density at radius 1 is 1.27 bits per heavy atom. The fourth-order valence-electron chi connectivity index (χ4n) is 1.87. The highest BCUT2D eigenvalue weighted by Crippen LogP contribution is 2.23. The Kier molecular flexibility index (Phi) is 3.70. The van der Waals surface area contributed by atoms with Gasteiger partial charge >= 0.3 is 0 Å². The quantitative estimate of drug-likeness (QED) is 0.748. The molecular formula is C14H21N. The zero-order chi connectivity index (χ0) is 11.5. The summed E-state index contributed by atoms with van der Waals surface area (Å²) in [5.41, 5.74) is 9.76. The molecule has 0 aromatic heterocycles. The van der Waals surface area contributed by atoms with Crippen LogP contribution in [-0.2, 0) is 6.42 Å². The van der Waals surface area contributed by atoms with Gasteiger partial charge in [0.1, 0.15) is 0 Å². The first kappa shape index (κ1) is 12.0. The van der Waals surface area contributed by atoms with E-state index in [1.807, 2.05) is 6.08 Å². The van der Waals surface area contributed by atoms with Crippen LogP contribution in [0.4, 0.5) is 0 Å². The highest BCUT2D eigenvalue weighted by Gasteiger charge is 2.18. The van der Waals surface area contributed by atoms with Crippen LogP contribution in [0.2, 0.25) is 0 Å². The second kappa shape index (κ2) is 4.63. The van der Waals surface area contributed by atoms with Gasteiger partial charge in [-0.05, 0) is 25.8 Å². The lowest BCUT2D eigenvalue weighted by molar-refractivity contribution is 0.439. The molecule has 1 atom stereocenters. The van der Waals surface area contributed by atoms with Crippen LogP contribution < -0.4 is 5.73 Å². The Morgan fingerprint density at radius 2 is 1.80 bits per heavy atom. The molecule has 0 aliphatic carbocycles. The minimum absolute atomic E-state index is 0.0141.